The number of aliphatic hydroxyl groups is 2. The van der Waals surface area contributed by atoms with Gasteiger partial charge < -0.3 is 10.2 Å². The van der Waals surface area contributed by atoms with Gasteiger partial charge in [0, 0.05) is 5.56 Å². The lowest BCUT2D eigenvalue weighted by Crippen LogP contribution is -2.25. The Bertz CT molecular complexity index is 558. The highest BCUT2D eigenvalue weighted by Gasteiger charge is 2.23. The fourth-order valence-electron chi connectivity index (χ4n) is 2.05. The molecule has 0 fully saturated rings. The van der Waals surface area contributed by atoms with Crippen molar-refractivity contribution < 1.29 is 15.0 Å². The van der Waals surface area contributed by atoms with Crippen molar-refractivity contribution in [2.75, 3.05) is 6.61 Å². The molecule has 0 aromatic rings. The van der Waals surface area contributed by atoms with E-state index in [1.807, 2.05) is 19.1 Å². The van der Waals surface area contributed by atoms with Gasteiger partial charge in [0.2, 0.25) is 0 Å². The van der Waals surface area contributed by atoms with Crippen LogP contribution in [0.25, 0.3) is 11.1 Å². The highest BCUT2D eigenvalue weighted by atomic mass is 16.3. The molecule has 0 aromatic heterocycles. The van der Waals surface area contributed by atoms with E-state index in [1.165, 1.54) is 0 Å². The number of fused-ring (bicyclic) bond motifs is 1. The third-order valence-electron chi connectivity index (χ3n) is 3.33. The van der Waals surface area contributed by atoms with Gasteiger partial charge >= 0.3 is 0 Å². The second-order valence-electron chi connectivity index (χ2n) is 4.78. The van der Waals surface area contributed by atoms with Crippen LogP contribution < -0.4 is 0 Å². The Labute approximate surface area is 106 Å². The summed E-state index contributed by atoms with van der Waals surface area (Å²) in [4.78, 5) is 11.0. The summed E-state index contributed by atoms with van der Waals surface area (Å²) in [5.41, 5.74) is 2.69. The molecule has 0 saturated heterocycles. The molecular weight excluding hydrogens is 228 g/mol. The lowest BCUT2D eigenvalue weighted by Gasteiger charge is -2.20. The van der Waals surface area contributed by atoms with Crippen molar-refractivity contribution in [2.45, 2.75) is 19.4 Å². The normalized spacial score (nSPS) is 14.4. The van der Waals surface area contributed by atoms with Crippen molar-refractivity contribution in [3.05, 3.63) is 47.0 Å². The first kappa shape index (κ1) is 12.7. The SMILES string of the molecule is Cc1ccc(C(C)(O)CO)cc2c(C=O)ccc1-2. The monoisotopic (exact) mass is 244 g/mol. The van der Waals surface area contributed by atoms with Crippen molar-refractivity contribution in [2.24, 2.45) is 0 Å². The van der Waals surface area contributed by atoms with Gasteiger partial charge in [0.15, 0.2) is 6.29 Å². The molecule has 2 aliphatic rings. The van der Waals surface area contributed by atoms with Gasteiger partial charge in [0.05, 0.1) is 6.61 Å². The maximum Gasteiger partial charge on any atom is 0.150 e. The van der Waals surface area contributed by atoms with Gasteiger partial charge in [0.1, 0.15) is 5.60 Å². The number of hydrogen-bond acceptors (Lipinski definition) is 3. The van der Waals surface area contributed by atoms with Gasteiger partial charge in [0.25, 0.3) is 0 Å². The van der Waals surface area contributed by atoms with Crippen molar-refractivity contribution in [1.82, 2.24) is 0 Å². The van der Waals surface area contributed by atoms with E-state index in [2.05, 4.69) is 0 Å². The lowest BCUT2D eigenvalue weighted by atomic mass is 9.97. The van der Waals surface area contributed by atoms with E-state index in [1.54, 1.807) is 25.1 Å². The van der Waals surface area contributed by atoms with Gasteiger partial charge in [-0.1, -0.05) is 24.3 Å². The van der Waals surface area contributed by atoms with Crippen molar-refractivity contribution in [1.29, 1.82) is 0 Å². The molecule has 0 saturated carbocycles. The molecule has 94 valence electrons. The highest BCUT2D eigenvalue weighted by molar-refractivity contribution is 5.91. The van der Waals surface area contributed by atoms with E-state index in [-0.39, 0.29) is 6.61 Å². The second kappa shape index (κ2) is 4.52. The molecule has 0 aliphatic heterocycles. The molecule has 0 radical (unpaired) electrons. The Morgan fingerprint density at radius 1 is 1.22 bits per heavy atom. The summed E-state index contributed by atoms with van der Waals surface area (Å²) >= 11 is 0. The first-order valence-electron chi connectivity index (χ1n) is 5.82. The lowest BCUT2D eigenvalue weighted by molar-refractivity contribution is -0.00219. The van der Waals surface area contributed by atoms with E-state index in [0.717, 1.165) is 23.0 Å². The Morgan fingerprint density at radius 3 is 2.56 bits per heavy atom. The molecule has 3 heteroatoms. The molecule has 18 heavy (non-hydrogen) atoms. The Hall–Kier alpha value is -1.71. The van der Waals surface area contributed by atoms with E-state index in [9.17, 15) is 15.0 Å². The van der Waals surface area contributed by atoms with Crippen LogP contribution in [0.1, 0.15) is 28.4 Å². The van der Waals surface area contributed by atoms with Crippen molar-refractivity contribution in [3.63, 3.8) is 0 Å². The Kier molecular flexibility index (Phi) is 3.20. The number of aldehydes is 1. The van der Waals surface area contributed by atoms with Crippen LogP contribution in [0.3, 0.4) is 0 Å². The zero-order valence-corrected chi connectivity index (χ0v) is 10.5. The molecule has 1 atom stereocenters. The molecule has 0 aromatic carbocycles. The fourth-order valence-corrected chi connectivity index (χ4v) is 2.05. The van der Waals surface area contributed by atoms with Gasteiger partial charge in [-0.05, 0) is 42.2 Å². The van der Waals surface area contributed by atoms with Gasteiger partial charge in [-0.3, -0.25) is 4.79 Å². The minimum atomic E-state index is -1.31. The van der Waals surface area contributed by atoms with E-state index in [0.29, 0.717) is 11.1 Å². The molecule has 0 amide bonds. The van der Waals surface area contributed by atoms with Crippen LogP contribution in [0, 0.1) is 6.92 Å². The predicted octanol–water partition coefficient (Wildman–Crippen LogP) is 2.11. The number of carbonyl (C=O) groups excluding carboxylic acids is 1. The third kappa shape index (κ3) is 2.03. The van der Waals surface area contributed by atoms with E-state index in [4.69, 9.17) is 0 Å². The van der Waals surface area contributed by atoms with E-state index >= 15 is 0 Å². The first-order valence-corrected chi connectivity index (χ1v) is 5.82. The van der Waals surface area contributed by atoms with Crippen molar-refractivity contribution in [3.8, 4) is 11.1 Å². The van der Waals surface area contributed by atoms with Gasteiger partial charge in [-0.15, -0.1) is 0 Å². The average Bonchev–Trinajstić information content (AvgIpc) is 2.68. The molecule has 2 aliphatic carbocycles. The standard InChI is InChI=1S/C15H16O3/c1-10-3-5-12(15(2,18)9-17)7-14-11(8-16)4-6-13(10)14/h3-8,17-18H,9H2,1-2H3. The van der Waals surface area contributed by atoms with Crippen LogP contribution in [0.5, 0.6) is 0 Å². The number of aliphatic hydroxyl groups excluding tert-OH is 1. The van der Waals surface area contributed by atoms with Crippen LogP contribution in [0.2, 0.25) is 0 Å². The number of hydrogen-bond donors (Lipinski definition) is 2. The summed E-state index contributed by atoms with van der Waals surface area (Å²) in [7, 11) is 0. The summed E-state index contributed by atoms with van der Waals surface area (Å²) in [6.45, 7) is 3.13. The smallest absolute Gasteiger partial charge is 0.150 e. The van der Waals surface area contributed by atoms with Crippen LogP contribution in [0.4, 0.5) is 0 Å². The molecule has 0 heterocycles. The zero-order chi connectivity index (χ0) is 13.3. The Balaban J connectivity index is 2.72. The summed E-state index contributed by atoms with van der Waals surface area (Å²) in [6.07, 6.45) is 0.805. The minimum absolute atomic E-state index is 0.366. The first-order chi connectivity index (χ1) is 8.49. The molecule has 0 bridgehead atoms. The van der Waals surface area contributed by atoms with Crippen LogP contribution in [-0.4, -0.2) is 23.1 Å². The molecule has 2 N–H and O–H groups in total. The number of carbonyl (C=O) groups is 1. The number of aryl methyl sites for hydroxylation is 1. The zero-order valence-electron chi connectivity index (χ0n) is 10.5. The van der Waals surface area contributed by atoms with Crippen LogP contribution in [-0.2, 0) is 5.60 Å². The highest BCUT2D eigenvalue weighted by Crippen LogP contribution is 2.32. The molecule has 1 unspecified atom stereocenters. The summed E-state index contributed by atoms with van der Waals surface area (Å²) in [5.74, 6) is 0. The van der Waals surface area contributed by atoms with Crippen LogP contribution >= 0.6 is 0 Å². The molecule has 2 rings (SSSR count). The molecular formula is C15H16O3. The van der Waals surface area contributed by atoms with Gasteiger partial charge in [-0.25, -0.2) is 0 Å². The van der Waals surface area contributed by atoms with E-state index < -0.39 is 5.60 Å². The molecule has 3 nitrogen and oxygen atoms in total. The fraction of sp³-hybridized carbons (Fsp3) is 0.267. The second-order valence-corrected chi connectivity index (χ2v) is 4.78. The topological polar surface area (TPSA) is 57.5 Å². The largest absolute Gasteiger partial charge is 0.393 e. The number of rotatable bonds is 3. The van der Waals surface area contributed by atoms with Crippen molar-refractivity contribution >= 4 is 6.29 Å². The summed E-state index contributed by atoms with van der Waals surface area (Å²) in [6, 6.07) is 9.09. The maximum atomic E-state index is 11.0. The summed E-state index contributed by atoms with van der Waals surface area (Å²) < 4.78 is 0. The summed E-state index contributed by atoms with van der Waals surface area (Å²) in [5, 5.41) is 19.3. The Morgan fingerprint density at radius 2 is 1.94 bits per heavy atom. The quantitative estimate of drug-likeness (QED) is 0.813. The average molecular weight is 244 g/mol. The molecule has 0 spiro atoms. The van der Waals surface area contributed by atoms with Gasteiger partial charge in [-0.2, -0.15) is 0 Å². The predicted molar refractivity (Wildman–Crippen MR) is 69.8 cm³/mol. The minimum Gasteiger partial charge on any atom is -0.393 e. The third-order valence-corrected chi connectivity index (χ3v) is 3.33. The maximum absolute atomic E-state index is 11.0. The van der Waals surface area contributed by atoms with Crippen LogP contribution in [0.15, 0.2) is 30.3 Å².